The number of phosphoric acid groups is 1. The molecule has 0 bridgehead atoms. The van der Waals surface area contributed by atoms with Gasteiger partial charge in [0.25, 0.3) is 7.82 Å². The SMILES string of the molecule is CCCCCCCCCCCCCCCCOC[C@H](COP(=O)([O-])OCC[N+](C)(C)C)OC(=O)NC. The van der Waals surface area contributed by atoms with Crippen LogP contribution in [-0.2, 0) is 23.1 Å². The lowest BCUT2D eigenvalue weighted by Gasteiger charge is -2.28. The van der Waals surface area contributed by atoms with Crippen molar-refractivity contribution in [2.45, 2.75) is 103 Å². The Hall–Kier alpha value is -0.700. The van der Waals surface area contributed by atoms with Crippen molar-refractivity contribution >= 4 is 13.9 Å². The van der Waals surface area contributed by atoms with Crippen molar-refractivity contribution in [2.75, 3.05) is 61.2 Å². The van der Waals surface area contributed by atoms with E-state index in [1.165, 1.54) is 84.1 Å². The van der Waals surface area contributed by atoms with Crippen LogP contribution in [0.1, 0.15) is 96.8 Å². The molecule has 1 N–H and O–H groups in total. The summed E-state index contributed by atoms with van der Waals surface area (Å²) >= 11 is 0. The number of amides is 1. The molecule has 1 unspecified atom stereocenters. The number of hydrogen-bond acceptors (Lipinski definition) is 7. The number of quaternary nitrogens is 1. The van der Waals surface area contributed by atoms with E-state index in [1.807, 2.05) is 21.1 Å². The fourth-order valence-electron chi connectivity index (χ4n) is 3.58. The van der Waals surface area contributed by atoms with Crippen LogP contribution in [0.3, 0.4) is 0 Å². The Morgan fingerprint density at radius 1 is 0.806 bits per heavy atom. The predicted molar refractivity (Wildman–Crippen MR) is 143 cm³/mol. The van der Waals surface area contributed by atoms with Crippen molar-refractivity contribution < 1.29 is 37.3 Å². The topological polar surface area (TPSA) is 106 Å². The van der Waals surface area contributed by atoms with Gasteiger partial charge in [0.15, 0.2) is 6.10 Å². The van der Waals surface area contributed by atoms with Crippen LogP contribution >= 0.6 is 7.82 Å². The van der Waals surface area contributed by atoms with E-state index in [-0.39, 0.29) is 19.8 Å². The maximum Gasteiger partial charge on any atom is 0.407 e. The monoisotopic (exact) mass is 538 g/mol. The van der Waals surface area contributed by atoms with Crippen molar-refractivity contribution in [2.24, 2.45) is 0 Å². The molecule has 0 saturated carbocycles. The summed E-state index contributed by atoms with van der Waals surface area (Å²) in [6.07, 6.45) is 16.5. The lowest BCUT2D eigenvalue weighted by Crippen LogP contribution is -2.37. The molecule has 0 saturated heterocycles. The third-order valence-corrected chi connectivity index (χ3v) is 6.82. The predicted octanol–water partition coefficient (Wildman–Crippen LogP) is 5.42. The van der Waals surface area contributed by atoms with Gasteiger partial charge in [0.05, 0.1) is 34.4 Å². The molecule has 216 valence electrons. The first-order valence-corrected chi connectivity index (χ1v) is 15.4. The summed E-state index contributed by atoms with van der Waals surface area (Å²) in [4.78, 5) is 23.6. The normalized spacial score (nSPS) is 14.4. The number of ether oxygens (including phenoxy) is 2. The van der Waals surface area contributed by atoms with Crippen LogP contribution in [0.15, 0.2) is 0 Å². The summed E-state index contributed by atoms with van der Waals surface area (Å²) < 4.78 is 33.1. The number of carbonyl (C=O) groups excluding carboxylic acids is 1. The van der Waals surface area contributed by atoms with Crippen molar-refractivity contribution in [3.05, 3.63) is 0 Å². The summed E-state index contributed by atoms with van der Waals surface area (Å²) in [5.74, 6) is 0. The molecule has 2 atom stereocenters. The van der Waals surface area contributed by atoms with Crippen LogP contribution in [0, 0.1) is 0 Å². The molecular formula is C26H55N2O7P. The molecular weight excluding hydrogens is 483 g/mol. The van der Waals surface area contributed by atoms with Crippen LogP contribution < -0.4 is 10.2 Å². The molecule has 0 radical (unpaired) electrons. The van der Waals surface area contributed by atoms with E-state index in [9.17, 15) is 14.3 Å². The first-order chi connectivity index (χ1) is 17.1. The number of nitrogens with zero attached hydrogens (tertiary/aromatic N) is 1. The van der Waals surface area contributed by atoms with Crippen molar-refractivity contribution in [3.63, 3.8) is 0 Å². The molecule has 10 heteroatoms. The van der Waals surface area contributed by atoms with Gasteiger partial charge in [0.2, 0.25) is 0 Å². The second-order valence-electron chi connectivity index (χ2n) is 10.5. The second-order valence-corrected chi connectivity index (χ2v) is 11.9. The molecule has 9 nitrogen and oxygen atoms in total. The Bertz CT molecular complexity index is 573. The molecule has 0 aliphatic rings. The van der Waals surface area contributed by atoms with E-state index in [2.05, 4.69) is 12.2 Å². The first-order valence-electron chi connectivity index (χ1n) is 14.0. The van der Waals surface area contributed by atoms with Crippen LogP contribution in [0.4, 0.5) is 4.79 Å². The molecule has 0 aromatic rings. The standard InChI is InChI=1S/C26H55N2O7P/c1-6-7-8-9-10-11-12-13-14-15-16-17-18-19-21-32-23-25(35-26(29)27-2)24-34-36(30,31)33-22-20-28(3,4)5/h25H,6-24H2,1-5H3,(H-,27,29,30,31)/t25-/m1/s1. The number of rotatable bonds is 25. The zero-order valence-corrected chi connectivity index (χ0v) is 24.7. The summed E-state index contributed by atoms with van der Waals surface area (Å²) in [7, 11) is 2.74. The number of alkyl carbamates (subject to hydrolysis) is 1. The van der Waals surface area contributed by atoms with Crippen LogP contribution in [0.25, 0.3) is 0 Å². The van der Waals surface area contributed by atoms with Gasteiger partial charge in [0.1, 0.15) is 13.2 Å². The Kier molecular flexibility index (Phi) is 21.9. The maximum absolute atomic E-state index is 12.0. The van der Waals surface area contributed by atoms with Gasteiger partial charge >= 0.3 is 6.09 Å². The first kappa shape index (κ1) is 35.3. The fraction of sp³-hybridized carbons (Fsp3) is 0.962. The average Bonchev–Trinajstić information content (AvgIpc) is 2.81. The molecule has 0 aliphatic carbocycles. The number of unbranched alkanes of at least 4 members (excludes halogenated alkanes) is 13. The molecule has 36 heavy (non-hydrogen) atoms. The van der Waals surface area contributed by atoms with Gasteiger partial charge in [-0.1, -0.05) is 90.4 Å². The minimum Gasteiger partial charge on any atom is -0.756 e. The van der Waals surface area contributed by atoms with Crippen molar-refractivity contribution in [3.8, 4) is 0 Å². The maximum atomic E-state index is 12.0. The van der Waals surface area contributed by atoms with E-state index in [0.717, 1.165) is 12.8 Å². The smallest absolute Gasteiger partial charge is 0.407 e. The third kappa shape index (κ3) is 25.0. The highest BCUT2D eigenvalue weighted by molar-refractivity contribution is 7.45. The van der Waals surface area contributed by atoms with Gasteiger partial charge in [-0.05, 0) is 6.42 Å². The van der Waals surface area contributed by atoms with E-state index < -0.39 is 20.0 Å². The van der Waals surface area contributed by atoms with Gasteiger partial charge in [-0.25, -0.2) is 4.79 Å². The number of hydrogen-bond donors (Lipinski definition) is 1. The zero-order chi connectivity index (χ0) is 27.1. The lowest BCUT2D eigenvalue weighted by atomic mass is 10.0. The molecule has 1 amide bonds. The highest BCUT2D eigenvalue weighted by Crippen LogP contribution is 2.38. The highest BCUT2D eigenvalue weighted by Gasteiger charge is 2.19. The molecule has 0 fully saturated rings. The molecule has 0 rings (SSSR count). The van der Waals surface area contributed by atoms with Gasteiger partial charge in [-0.3, -0.25) is 4.57 Å². The van der Waals surface area contributed by atoms with E-state index >= 15 is 0 Å². The van der Waals surface area contributed by atoms with Gasteiger partial charge in [-0.15, -0.1) is 0 Å². The van der Waals surface area contributed by atoms with Gasteiger partial charge < -0.3 is 33.2 Å². The van der Waals surface area contributed by atoms with Gasteiger partial charge in [-0.2, -0.15) is 0 Å². The number of likely N-dealkylation sites (N-methyl/N-ethyl adjacent to an activating group) is 1. The van der Waals surface area contributed by atoms with Crippen LogP contribution in [0.2, 0.25) is 0 Å². The minimum atomic E-state index is -4.49. The Morgan fingerprint density at radius 3 is 1.78 bits per heavy atom. The number of carbonyl (C=O) groups is 1. The molecule has 0 spiro atoms. The zero-order valence-electron chi connectivity index (χ0n) is 23.8. The number of phosphoric ester groups is 1. The summed E-state index contributed by atoms with van der Waals surface area (Å²) in [6.45, 7) is 3.02. The van der Waals surface area contributed by atoms with E-state index in [1.54, 1.807) is 0 Å². The minimum absolute atomic E-state index is 0.0148. The fourth-order valence-corrected chi connectivity index (χ4v) is 4.31. The molecule has 0 aliphatic heterocycles. The Labute approximate surface area is 220 Å². The quantitative estimate of drug-likeness (QED) is 0.0940. The Morgan fingerprint density at radius 2 is 1.31 bits per heavy atom. The van der Waals surface area contributed by atoms with Crippen molar-refractivity contribution in [1.29, 1.82) is 0 Å². The number of nitrogens with one attached hydrogen (secondary N) is 1. The van der Waals surface area contributed by atoms with E-state index in [4.69, 9.17) is 18.5 Å². The molecule has 0 aromatic heterocycles. The van der Waals surface area contributed by atoms with Crippen molar-refractivity contribution in [1.82, 2.24) is 5.32 Å². The summed E-state index contributed by atoms with van der Waals surface area (Å²) in [5.41, 5.74) is 0. The largest absolute Gasteiger partial charge is 0.756 e. The van der Waals surface area contributed by atoms with E-state index in [0.29, 0.717) is 17.6 Å². The lowest BCUT2D eigenvalue weighted by molar-refractivity contribution is -0.870. The second kappa shape index (κ2) is 22.3. The summed E-state index contributed by atoms with van der Waals surface area (Å²) in [5, 5.41) is 2.35. The average molecular weight is 539 g/mol. The molecule has 0 heterocycles. The van der Waals surface area contributed by atoms with Crippen LogP contribution in [-0.4, -0.2) is 77.8 Å². The van der Waals surface area contributed by atoms with Gasteiger partial charge in [0, 0.05) is 13.7 Å². The Balaban J connectivity index is 3.88. The van der Waals surface area contributed by atoms with Crippen LogP contribution in [0.5, 0.6) is 0 Å². The third-order valence-electron chi connectivity index (χ3n) is 5.85. The molecule has 0 aromatic carbocycles. The highest BCUT2D eigenvalue weighted by atomic mass is 31.2. The summed E-state index contributed by atoms with van der Waals surface area (Å²) in [6, 6.07) is 0.